The molecule has 2 aliphatic rings. The van der Waals surface area contributed by atoms with Crippen molar-refractivity contribution in [3.8, 4) is 0 Å². The molecule has 0 aromatic heterocycles. The number of carbonyl (C=O) groups is 1. The Morgan fingerprint density at radius 3 is 2.58 bits per heavy atom. The molecule has 148 valence electrons. The molecule has 8 heteroatoms. The van der Waals surface area contributed by atoms with Gasteiger partial charge in [0.2, 0.25) is 0 Å². The monoisotopic (exact) mass is 406 g/mol. The van der Waals surface area contributed by atoms with Crippen LogP contribution in [0, 0.1) is 5.82 Å². The molecule has 1 unspecified atom stereocenters. The van der Waals surface area contributed by atoms with Crippen LogP contribution in [0.4, 0.5) is 10.1 Å². The molecule has 0 saturated carbocycles. The second-order valence-corrected chi connectivity index (χ2v) is 6.60. The molecule has 1 amide bonds. The summed E-state index contributed by atoms with van der Waals surface area (Å²) < 4.78 is 14.5. The minimum Gasteiger partial charge on any atom is -0.367 e. The minimum absolute atomic E-state index is 0. The number of nitrogens with zero attached hydrogens (tertiary/aromatic N) is 2. The summed E-state index contributed by atoms with van der Waals surface area (Å²) in [4.78, 5) is 16.7. The number of hydrogen-bond donors (Lipinski definition) is 2. The molecule has 0 radical (unpaired) electrons. The average molecular weight is 407 g/mol. The van der Waals surface area contributed by atoms with Gasteiger partial charge in [0.1, 0.15) is 5.82 Å². The number of amides is 1. The quantitative estimate of drug-likeness (QED) is 0.804. The van der Waals surface area contributed by atoms with E-state index in [1.807, 2.05) is 0 Å². The molecule has 0 bridgehead atoms. The van der Waals surface area contributed by atoms with Crippen LogP contribution in [0.3, 0.4) is 0 Å². The van der Waals surface area contributed by atoms with Crippen LogP contribution in [0.25, 0.3) is 0 Å². The summed E-state index contributed by atoms with van der Waals surface area (Å²) in [6.45, 7) is 8.51. The highest BCUT2D eigenvalue weighted by molar-refractivity contribution is 5.94. The van der Waals surface area contributed by atoms with Gasteiger partial charge in [-0.1, -0.05) is 6.92 Å². The van der Waals surface area contributed by atoms with Crippen molar-refractivity contribution in [1.82, 2.24) is 15.5 Å². The first-order chi connectivity index (χ1) is 11.7. The van der Waals surface area contributed by atoms with Crippen molar-refractivity contribution in [3.05, 3.63) is 29.6 Å². The fraction of sp³-hybridized carbons (Fsp3) is 0.611. The molecule has 2 N–H and O–H groups in total. The van der Waals surface area contributed by atoms with Crippen molar-refractivity contribution in [1.29, 1.82) is 0 Å². The first-order valence-electron chi connectivity index (χ1n) is 8.96. The summed E-state index contributed by atoms with van der Waals surface area (Å²) in [6.07, 6.45) is 2.03. The standard InChI is InChI=1S/C18H27FN4O.2ClH/c1-2-22-8-10-23(11-9-22)17-6-5-14(12-16(17)19)18(24)21-15-4-3-7-20-13-15;;/h5-6,12,15,20H,2-4,7-11,13H2,1H3,(H,21,24);2*1H. The molecule has 3 rings (SSSR count). The van der Waals surface area contributed by atoms with Gasteiger partial charge in [0.25, 0.3) is 5.91 Å². The van der Waals surface area contributed by atoms with Crippen LogP contribution in [0.2, 0.25) is 0 Å². The lowest BCUT2D eigenvalue weighted by Crippen LogP contribution is -2.46. The number of likely N-dealkylation sites (N-methyl/N-ethyl adjacent to an activating group) is 1. The normalized spacial score (nSPS) is 20.7. The van der Waals surface area contributed by atoms with Gasteiger partial charge in [-0.2, -0.15) is 0 Å². The molecule has 2 heterocycles. The number of hydrogen-bond acceptors (Lipinski definition) is 4. The first-order valence-corrected chi connectivity index (χ1v) is 8.96. The van der Waals surface area contributed by atoms with E-state index >= 15 is 0 Å². The maximum atomic E-state index is 14.5. The number of piperidine rings is 1. The van der Waals surface area contributed by atoms with Gasteiger partial charge in [-0.3, -0.25) is 4.79 Å². The molecular weight excluding hydrogens is 378 g/mol. The van der Waals surface area contributed by atoms with Crippen molar-refractivity contribution in [2.45, 2.75) is 25.8 Å². The summed E-state index contributed by atoms with van der Waals surface area (Å²) in [7, 11) is 0. The van der Waals surface area contributed by atoms with E-state index in [-0.39, 0.29) is 42.6 Å². The van der Waals surface area contributed by atoms with Gasteiger partial charge in [0.15, 0.2) is 0 Å². The van der Waals surface area contributed by atoms with Gasteiger partial charge in [-0.15, -0.1) is 24.8 Å². The van der Waals surface area contributed by atoms with Crippen LogP contribution in [0.1, 0.15) is 30.1 Å². The molecular formula is C18H29Cl2FN4O. The second-order valence-electron chi connectivity index (χ2n) is 6.60. The third-order valence-electron chi connectivity index (χ3n) is 5.00. The Balaban J connectivity index is 0.00000169. The number of carbonyl (C=O) groups excluding carboxylic acids is 1. The molecule has 5 nitrogen and oxygen atoms in total. The van der Waals surface area contributed by atoms with E-state index in [1.54, 1.807) is 12.1 Å². The van der Waals surface area contributed by atoms with Gasteiger partial charge in [-0.05, 0) is 44.1 Å². The predicted octanol–water partition coefficient (Wildman–Crippen LogP) is 2.29. The molecule has 1 atom stereocenters. The molecule has 26 heavy (non-hydrogen) atoms. The zero-order valence-corrected chi connectivity index (χ0v) is 16.8. The first kappa shape index (κ1) is 23.0. The number of benzene rings is 1. The van der Waals surface area contributed by atoms with Crippen molar-refractivity contribution in [2.24, 2.45) is 0 Å². The summed E-state index contributed by atoms with van der Waals surface area (Å²) in [5.41, 5.74) is 0.996. The summed E-state index contributed by atoms with van der Waals surface area (Å²) in [5.74, 6) is -0.501. The van der Waals surface area contributed by atoms with Gasteiger partial charge in [-0.25, -0.2) is 4.39 Å². The fourth-order valence-electron chi connectivity index (χ4n) is 3.45. The summed E-state index contributed by atoms with van der Waals surface area (Å²) in [6, 6.07) is 4.98. The zero-order chi connectivity index (χ0) is 16.9. The predicted molar refractivity (Wildman–Crippen MR) is 109 cm³/mol. The lowest BCUT2D eigenvalue weighted by Gasteiger charge is -2.35. The van der Waals surface area contributed by atoms with E-state index < -0.39 is 0 Å². The maximum Gasteiger partial charge on any atom is 0.251 e. The Bertz CT molecular complexity index is 576. The van der Waals surface area contributed by atoms with Crippen LogP contribution in [-0.4, -0.2) is 62.7 Å². The van der Waals surface area contributed by atoms with E-state index in [0.717, 1.165) is 58.7 Å². The highest BCUT2D eigenvalue weighted by Gasteiger charge is 2.21. The van der Waals surface area contributed by atoms with Gasteiger partial charge < -0.3 is 20.4 Å². The Morgan fingerprint density at radius 2 is 2.00 bits per heavy atom. The van der Waals surface area contributed by atoms with E-state index in [0.29, 0.717) is 11.3 Å². The summed E-state index contributed by atoms with van der Waals surface area (Å²) >= 11 is 0. The largest absolute Gasteiger partial charge is 0.367 e. The van der Waals surface area contributed by atoms with Crippen LogP contribution in [0.5, 0.6) is 0 Å². The molecule has 2 aliphatic heterocycles. The average Bonchev–Trinajstić information content (AvgIpc) is 2.62. The smallest absolute Gasteiger partial charge is 0.251 e. The van der Waals surface area contributed by atoms with Crippen molar-refractivity contribution < 1.29 is 9.18 Å². The fourth-order valence-corrected chi connectivity index (χ4v) is 3.45. The third kappa shape index (κ3) is 5.71. The number of nitrogens with one attached hydrogen (secondary N) is 2. The van der Waals surface area contributed by atoms with Crippen LogP contribution in [-0.2, 0) is 0 Å². The molecule has 1 aromatic rings. The van der Waals surface area contributed by atoms with Gasteiger partial charge in [0, 0.05) is 44.3 Å². The van der Waals surface area contributed by atoms with Crippen molar-refractivity contribution in [3.63, 3.8) is 0 Å². The van der Waals surface area contributed by atoms with Crippen molar-refractivity contribution >= 4 is 36.4 Å². The molecule has 0 aliphatic carbocycles. The number of anilines is 1. The maximum absolute atomic E-state index is 14.5. The Kier molecular flexibility index (Phi) is 9.64. The topological polar surface area (TPSA) is 47.6 Å². The molecule has 0 spiro atoms. The lowest BCUT2D eigenvalue weighted by molar-refractivity contribution is 0.0930. The second kappa shape index (κ2) is 10.9. The Hall–Kier alpha value is -1.08. The Morgan fingerprint density at radius 1 is 1.27 bits per heavy atom. The van der Waals surface area contributed by atoms with Gasteiger partial charge in [0.05, 0.1) is 5.69 Å². The third-order valence-corrected chi connectivity index (χ3v) is 5.00. The summed E-state index contributed by atoms with van der Waals surface area (Å²) in [5, 5.41) is 6.25. The van der Waals surface area contributed by atoms with E-state index in [2.05, 4.69) is 27.4 Å². The van der Waals surface area contributed by atoms with Crippen molar-refractivity contribution in [2.75, 3.05) is 50.7 Å². The van der Waals surface area contributed by atoms with E-state index in [9.17, 15) is 9.18 Å². The number of rotatable bonds is 4. The highest BCUT2D eigenvalue weighted by Crippen LogP contribution is 2.22. The number of halogens is 3. The minimum atomic E-state index is -0.311. The molecule has 1 aromatic carbocycles. The van der Waals surface area contributed by atoms with Gasteiger partial charge >= 0.3 is 0 Å². The zero-order valence-electron chi connectivity index (χ0n) is 15.2. The lowest BCUT2D eigenvalue weighted by atomic mass is 10.1. The Labute approximate surface area is 167 Å². The van der Waals surface area contributed by atoms with Crippen LogP contribution in [0.15, 0.2) is 18.2 Å². The van der Waals surface area contributed by atoms with E-state index in [1.165, 1.54) is 6.07 Å². The number of piperazine rings is 1. The molecule has 2 saturated heterocycles. The van der Waals surface area contributed by atoms with Crippen LogP contribution < -0.4 is 15.5 Å². The highest BCUT2D eigenvalue weighted by atomic mass is 35.5. The van der Waals surface area contributed by atoms with E-state index in [4.69, 9.17) is 0 Å². The SMILES string of the molecule is CCN1CCN(c2ccc(C(=O)NC3CCCNC3)cc2F)CC1.Cl.Cl. The molecule has 2 fully saturated rings. The van der Waals surface area contributed by atoms with Crippen LogP contribution >= 0.6 is 24.8 Å².